The summed E-state index contributed by atoms with van der Waals surface area (Å²) < 4.78 is 6.24. The summed E-state index contributed by atoms with van der Waals surface area (Å²) in [6, 6.07) is 22.8. The zero-order chi connectivity index (χ0) is 14.5. The third-order valence-corrected chi connectivity index (χ3v) is 4.25. The van der Waals surface area contributed by atoms with E-state index in [1.165, 1.54) is 5.39 Å². The van der Waals surface area contributed by atoms with Crippen molar-refractivity contribution in [2.24, 2.45) is 0 Å². The standard InChI is InChI=1S/C19H14N2O/c1-2-6-12(7-3-1)19-21-16-11-10-15-17(18(16)22-19)13-8-4-5-9-14(13)20-15/h1-11,19-21H. The van der Waals surface area contributed by atoms with Crippen LogP contribution < -0.4 is 10.1 Å². The second-order valence-corrected chi connectivity index (χ2v) is 5.59. The number of aromatic nitrogens is 1. The number of hydrogen-bond donors (Lipinski definition) is 2. The topological polar surface area (TPSA) is 37.0 Å². The van der Waals surface area contributed by atoms with Crippen LogP contribution in [0.4, 0.5) is 5.69 Å². The molecule has 0 radical (unpaired) electrons. The number of aromatic amines is 1. The Morgan fingerprint density at radius 1 is 0.773 bits per heavy atom. The fraction of sp³-hybridized carbons (Fsp3) is 0.0526. The quantitative estimate of drug-likeness (QED) is 0.526. The van der Waals surface area contributed by atoms with Gasteiger partial charge in [0.15, 0.2) is 12.0 Å². The van der Waals surface area contributed by atoms with Crippen LogP contribution in [0.15, 0.2) is 66.7 Å². The van der Waals surface area contributed by atoms with Crippen LogP contribution in [0.25, 0.3) is 21.8 Å². The molecule has 3 heteroatoms. The highest BCUT2D eigenvalue weighted by Crippen LogP contribution is 2.45. The highest BCUT2D eigenvalue weighted by molar-refractivity contribution is 6.12. The first-order valence-corrected chi connectivity index (χ1v) is 7.42. The molecule has 2 heterocycles. The number of benzene rings is 3. The van der Waals surface area contributed by atoms with E-state index in [2.05, 4.69) is 52.8 Å². The maximum Gasteiger partial charge on any atom is 0.196 e. The van der Waals surface area contributed by atoms with Crippen molar-refractivity contribution in [3.63, 3.8) is 0 Å². The lowest BCUT2D eigenvalue weighted by atomic mass is 10.1. The predicted octanol–water partition coefficient (Wildman–Crippen LogP) is 4.82. The van der Waals surface area contributed by atoms with Crippen molar-refractivity contribution in [3.05, 3.63) is 72.3 Å². The van der Waals surface area contributed by atoms with E-state index >= 15 is 0 Å². The molecule has 1 aliphatic heterocycles. The van der Waals surface area contributed by atoms with Gasteiger partial charge in [0.25, 0.3) is 0 Å². The molecule has 5 rings (SSSR count). The number of H-pyrrole nitrogens is 1. The van der Waals surface area contributed by atoms with Crippen molar-refractivity contribution in [1.29, 1.82) is 0 Å². The molecule has 0 fully saturated rings. The zero-order valence-corrected chi connectivity index (χ0v) is 11.8. The average Bonchev–Trinajstić information content (AvgIpc) is 3.16. The fourth-order valence-corrected chi connectivity index (χ4v) is 3.21. The van der Waals surface area contributed by atoms with Crippen molar-refractivity contribution in [3.8, 4) is 5.75 Å². The minimum absolute atomic E-state index is 0.129. The van der Waals surface area contributed by atoms with Crippen molar-refractivity contribution in [2.45, 2.75) is 6.23 Å². The lowest BCUT2D eigenvalue weighted by molar-refractivity contribution is 0.263. The molecule has 0 saturated heterocycles. The van der Waals surface area contributed by atoms with Gasteiger partial charge < -0.3 is 15.0 Å². The summed E-state index contributed by atoms with van der Waals surface area (Å²) in [6.45, 7) is 0. The van der Waals surface area contributed by atoms with Gasteiger partial charge in [-0.2, -0.15) is 0 Å². The third kappa shape index (κ3) is 1.56. The molecule has 2 N–H and O–H groups in total. The molecule has 0 spiro atoms. The molecule has 0 saturated carbocycles. The Bertz CT molecular complexity index is 988. The van der Waals surface area contributed by atoms with Crippen LogP contribution in [-0.4, -0.2) is 4.98 Å². The van der Waals surface area contributed by atoms with Crippen LogP contribution in [0.5, 0.6) is 5.75 Å². The van der Waals surface area contributed by atoms with Crippen LogP contribution in [-0.2, 0) is 0 Å². The lowest BCUT2D eigenvalue weighted by Crippen LogP contribution is -2.09. The first-order chi connectivity index (χ1) is 10.9. The van der Waals surface area contributed by atoms with Crippen molar-refractivity contribution >= 4 is 27.5 Å². The molecule has 1 atom stereocenters. The van der Waals surface area contributed by atoms with Gasteiger partial charge in [-0.05, 0) is 18.2 Å². The van der Waals surface area contributed by atoms with Crippen LogP contribution in [0.2, 0.25) is 0 Å². The largest absolute Gasteiger partial charge is 0.464 e. The van der Waals surface area contributed by atoms with Gasteiger partial charge in [-0.1, -0.05) is 48.5 Å². The first kappa shape index (κ1) is 11.7. The molecule has 106 valence electrons. The van der Waals surface area contributed by atoms with Crippen molar-refractivity contribution < 1.29 is 4.74 Å². The number of ether oxygens (including phenoxy) is 1. The van der Waals surface area contributed by atoms with E-state index in [-0.39, 0.29) is 6.23 Å². The summed E-state index contributed by atoms with van der Waals surface area (Å²) >= 11 is 0. The van der Waals surface area contributed by atoms with E-state index in [0.29, 0.717) is 0 Å². The van der Waals surface area contributed by atoms with Gasteiger partial charge in [-0.15, -0.1) is 0 Å². The molecule has 1 unspecified atom stereocenters. The van der Waals surface area contributed by atoms with Crippen molar-refractivity contribution in [1.82, 2.24) is 4.98 Å². The number of rotatable bonds is 1. The second kappa shape index (κ2) is 4.28. The van der Waals surface area contributed by atoms with Gasteiger partial charge in [0.2, 0.25) is 0 Å². The van der Waals surface area contributed by atoms with Gasteiger partial charge in [-0.3, -0.25) is 0 Å². The molecule has 0 amide bonds. The molecular formula is C19H14N2O. The van der Waals surface area contributed by atoms with E-state index < -0.39 is 0 Å². The second-order valence-electron chi connectivity index (χ2n) is 5.59. The highest BCUT2D eigenvalue weighted by atomic mass is 16.5. The molecule has 0 aliphatic carbocycles. The summed E-state index contributed by atoms with van der Waals surface area (Å²) in [7, 11) is 0. The Morgan fingerprint density at radius 3 is 2.50 bits per heavy atom. The van der Waals surface area contributed by atoms with E-state index in [4.69, 9.17) is 4.74 Å². The van der Waals surface area contributed by atoms with E-state index in [1.807, 2.05) is 24.3 Å². The summed E-state index contributed by atoms with van der Waals surface area (Å²) in [6.07, 6.45) is -0.129. The van der Waals surface area contributed by atoms with Crippen molar-refractivity contribution in [2.75, 3.05) is 5.32 Å². The summed E-state index contributed by atoms with van der Waals surface area (Å²) in [5.74, 6) is 0.934. The smallest absolute Gasteiger partial charge is 0.196 e. The maximum absolute atomic E-state index is 6.24. The SMILES string of the molecule is c1ccc(C2Nc3ccc4[nH]c5ccccc5c4c3O2)cc1. The van der Waals surface area contributed by atoms with Gasteiger partial charge in [0.1, 0.15) is 0 Å². The molecule has 1 aromatic heterocycles. The fourth-order valence-electron chi connectivity index (χ4n) is 3.21. The van der Waals surface area contributed by atoms with Gasteiger partial charge >= 0.3 is 0 Å². The minimum atomic E-state index is -0.129. The van der Waals surface area contributed by atoms with Crippen LogP contribution in [0.3, 0.4) is 0 Å². The number of para-hydroxylation sites is 1. The molecule has 4 aromatic rings. The summed E-state index contributed by atoms with van der Waals surface area (Å²) in [5.41, 5.74) is 4.42. The molecule has 3 nitrogen and oxygen atoms in total. The normalized spacial score (nSPS) is 16.5. The summed E-state index contributed by atoms with van der Waals surface area (Å²) in [4.78, 5) is 3.45. The number of anilines is 1. The zero-order valence-electron chi connectivity index (χ0n) is 11.8. The Hall–Kier alpha value is -2.94. The monoisotopic (exact) mass is 286 g/mol. The maximum atomic E-state index is 6.24. The van der Waals surface area contributed by atoms with Gasteiger partial charge in [-0.25, -0.2) is 0 Å². The Labute approximate surface area is 127 Å². The summed E-state index contributed by atoms with van der Waals surface area (Å²) in [5, 5.41) is 5.81. The molecular weight excluding hydrogens is 272 g/mol. The average molecular weight is 286 g/mol. The van der Waals surface area contributed by atoms with Crippen LogP contribution >= 0.6 is 0 Å². The first-order valence-electron chi connectivity index (χ1n) is 7.42. The highest BCUT2D eigenvalue weighted by Gasteiger charge is 2.26. The van der Waals surface area contributed by atoms with Crippen LogP contribution in [0.1, 0.15) is 11.8 Å². The lowest BCUT2D eigenvalue weighted by Gasteiger charge is -2.11. The molecule has 1 aliphatic rings. The number of hydrogen-bond acceptors (Lipinski definition) is 2. The number of fused-ring (bicyclic) bond motifs is 5. The van der Waals surface area contributed by atoms with Gasteiger partial charge in [0, 0.05) is 16.5 Å². The van der Waals surface area contributed by atoms with Gasteiger partial charge in [0.05, 0.1) is 16.6 Å². The molecule has 22 heavy (non-hydrogen) atoms. The van der Waals surface area contributed by atoms with E-state index in [1.54, 1.807) is 0 Å². The van der Waals surface area contributed by atoms with E-state index in [9.17, 15) is 0 Å². The Morgan fingerprint density at radius 2 is 1.59 bits per heavy atom. The van der Waals surface area contributed by atoms with Crippen LogP contribution in [0, 0.1) is 0 Å². The Kier molecular flexibility index (Phi) is 2.27. The van der Waals surface area contributed by atoms with E-state index in [0.717, 1.165) is 33.4 Å². The Balaban J connectivity index is 1.71. The predicted molar refractivity (Wildman–Crippen MR) is 89.2 cm³/mol. The number of nitrogens with one attached hydrogen (secondary N) is 2. The minimum Gasteiger partial charge on any atom is -0.464 e. The molecule has 0 bridgehead atoms. The molecule has 3 aromatic carbocycles. The third-order valence-electron chi connectivity index (χ3n) is 4.25.